The number of aromatic nitrogens is 1. The lowest BCUT2D eigenvalue weighted by Gasteiger charge is -2.32. The van der Waals surface area contributed by atoms with E-state index in [-0.39, 0.29) is 24.1 Å². The summed E-state index contributed by atoms with van der Waals surface area (Å²) in [6.07, 6.45) is -7.69. The quantitative estimate of drug-likeness (QED) is 0.666. The second-order valence-electron chi connectivity index (χ2n) is 8.08. The molecule has 1 saturated heterocycles. The van der Waals surface area contributed by atoms with Crippen LogP contribution in [0.25, 0.3) is 0 Å². The van der Waals surface area contributed by atoms with E-state index < -0.39 is 46.4 Å². The van der Waals surface area contributed by atoms with Crippen LogP contribution in [0.1, 0.15) is 44.7 Å². The Balaban J connectivity index is 1.62. The molecule has 0 radical (unpaired) electrons. The molecule has 34 heavy (non-hydrogen) atoms. The summed E-state index contributed by atoms with van der Waals surface area (Å²) < 4.78 is 79.3. The van der Waals surface area contributed by atoms with Crippen LogP contribution in [0.3, 0.4) is 0 Å². The number of halogens is 6. The number of carbonyl (C=O) groups excluding carboxylic acids is 2. The zero-order valence-electron chi connectivity index (χ0n) is 18.0. The van der Waals surface area contributed by atoms with Gasteiger partial charge in [-0.2, -0.15) is 26.3 Å². The number of aryl methyl sites for hydroxylation is 1. The Hall–Kier alpha value is -3.31. The number of hydrogen-bond donors (Lipinski definition) is 1. The lowest BCUT2D eigenvalue weighted by molar-refractivity contribution is -0.143. The van der Waals surface area contributed by atoms with E-state index in [1.54, 1.807) is 6.07 Å². The molecule has 184 valence electrons. The molecule has 12 heteroatoms. The van der Waals surface area contributed by atoms with Crippen molar-refractivity contribution in [3.05, 3.63) is 69.1 Å². The molecule has 1 aromatic carbocycles. The van der Waals surface area contributed by atoms with E-state index in [4.69, 9.17) is 0 Å². The highest BCUT2D eigenvalue weighted by atomic mass is 19.4. The van der Waals surface area contributed by atoms with Crippen LogP contribution in [0, 0.1) is 5.92 Å². The van der Waals surface area contributed by atoms with Crippen LogP contribution in [-0.2, 0) is 19.4 Å². The van der Waals surface area contributed by atoms with Gasteiger partial charge in [0.25, 0.3) is 17.4 Å². The van der Waals surface area contributed by atoms with Gasteiger partial charge in [-0.15, -0.1) is 0 Å². The van der Waals surface area contributed by atoms with E-state index >= 15 is 0 Å². The number of alkyl halides is 6. The maximum Gasteiger partial charge on any atom is 0.416 e. The van der Waals surface area contributed by atoms with Crippen molar-refractivity contribution < 1.29 is 35.9 Å². The number of rotatable bonds is 4. The van der Waals surface area contributed by atoms with Crippen molar-refractivity contribution in [2.75, 3.05) is 19.6 Å². The maximum atomic E-state index is 13.0. The smallest absolute Gasteiger partial charge is 0.352 e. The minimum Gasteiger partial charge on any atom is -0.352 e. The zero-order valence-corrected chi connectivity index (χ0v) is 18.0. The number of nitrogens with one attached hydrogen (secondary N) is 1. The summed E-state index contributed by atoms with van der Waals surface area (Å²) >= 11 is 0. The second kappa shape index (κ2) is 9.51. The van der Waals surface area contributed by atoms with Gasteiger partial charge in [-0.3, -0.25) is 14.4 Å². The molecule has 0 atom stereocenters. The Kier molecular flexibility index (Phi) is 7.08. The van der Waals surface area contributed by atoms with E-state index in [2.05, 4.69) is 5.32 Å². The van der Waals surface area contributed by atoms with Crippen molar-refractivity contribution >= 4 is 11.8 Å². The van der Waals surface area contributed by atoms with Crippen LogP contribution in [-0.4, -0.2) is 40.9 Å². The van der Waals surface area contributed by atoms with Crippen molar-refractivity contribution in [2.24, 2.45) is 13.0 Å². The molecule has 1 aliphatic rings. The molecule has 0 aliphatic carbocycles. The van der Waals surface area contributed by atoms with Crippen molar-refractivity contribution in [1.82, 2.24) is 14.8 Å². The first-order valence-electron chi connectivity index (χ1n) is 10.3. The Bertz CT molecular complexity index is 1100. The van der Waals surface area contributed by atoms with Crippen LogP contribution in [0.2, 0.25) is 0 Å². The largest absolute Gasteiger partial charge is 0.416 e. The molecule has 3 rings (SSSR count). The van der Waals surface area contributed by atoms with Gasteiger partial charge < -0.3 is 14.8 Å². The van der Waals surface area contributed by atoms with Crippen molar-refractivity contribution in [1.29, 1.82) is 0 Å². The fraction of sp³-hybridized carbons (Fsp3) is 0.409. The van der Waals surface area contributed by atoms with E-state index in [1.807, 2.05) is 0 Å². The third kappa shape index (κ3) is 5.78. The van der Waals surface area contributed by atoms with Gasteiger partial charge in [-0.25, -0.2) is 0 Å². The summed E-state index contributed by atoms with van der Waals surface area (Å²) in [5, 5.41) is 2.39. The Morgan fingerprint density at radius 2 is 1.56 bits per heavy atom. The number of likely N-dealkylation sites (tertiary alicyclic amines) is 1. The molecule has 0 unspecified atom stereocenters. The fourth-order valence-electron chi connectivity index (χ4n) is 3.70. The third-order valence-electron chi connectivity index (χ3n) is 5.66. The molecular formula is C22H21F6N3O3. The molecule has 0 spiro atoms. The Morgan fingerprint density at radius 3 is 2.09 bits per heavy atom. The van der Waals surface area contributed by atoms with Gasteiger partial charge in [-0.05, 0) is 49.1 Å². The molecule has 6 nitrogen and oxygen atoms in total. The van der Waals surface area contributed by atoms with Gasteiger partial charge in [-0.1, -0.05) is 0 Å². The van der Waals surface area contributed by atoms with Crippen LogP contribution >= 0.6 is 0 Å². The molecule has 1 aliphatic heterocycles. The highest BCUT2D eigenvalue weighted by Crippen LogP contribution is 2.36. The standard InChI is InChI=1S/C22H21F6N3O3/c1-30-6-2-3-17(19(30)33)20(34)31-7-4-13(5-8-31)12-29-18(32)14-9-15(21(23,24)25)11-16(10-14)22(26,27)28/h2-3,6,9-11,13H,4-5,7-8,12H2,1H3,(H,29,32). The lowest BCUT2D eigenvalue weighted by atomic mass is 9.96. The normalized spacial score (nSPS) is 15.3. The second-order valence-corrected chi connectivity index (χ2v) is 8.08. The number of benzene rings is 1. The fourth-order valence-corrected chi connectivity index (χ4v) is 3.70. The summed E-state index contributed by atoms with van der Waals surface area (Å²) in [5.74, 6) is -1.62. The molecule has 0 saturated carbocycles. The molecule has 1 aromatic heterocycles. The van der Waals surface area contributed by atoms with Gasteiger partial charge in [0, 0.05) is 38.4 Å². The summed E-state index contributed by atoms with van der Waals surface area (Å²) in [5.41, 5.74) is -4.27. The molecule has 0 bridgehead atoms. The van der Waals surface area contributed by atoms with Gasteiger partial charge in [0.05, 0.1) is 11.1 Å². The van der Waals surface area contributed by atoms with Gasteiger partial charge in [0.1, 0.15) is 5.56 Å². The predicted octanol–water partition coefficient (Wildman–Crippen LogP) is 3.71. The van der Waals surface area contributed by atoms with E-state index in [0.717, 1.165) is 0 Å². The number of amides is 2. The predicted molar refractivity (Wildman–Crippen MR) is 109 cm³/mol. The van der Waals surface area contributed by atoms with Crippen molar-refractivity contribution in [3.63, 3.8) is 0 Å². The van der Waals surface area contributed by atoms with E-state index in [0.29, 0.717) is 38.1 Å². The monoisotopic (exact) mass is 489 g/mol. The van der Waals surface area contributed by atoms with Crippen LogP contribution in [0.5, 0.6) is 0 Å². The number of pyridine rings is 1. The van der Waals surface area contributed by atoms with Crippen LogP contribution in [0.4, 0.5) is 26.3 Å². The first-order chi connectivity index (χ1) is 15.8. The number of nitrogens with zero attached hydrogens (tertiary/aromatic N) is 2. The highest BCUT2D eigenvalue weighted by Gasteiger charge is 2.37. The summed E-state index contributed by atoms with van der Waals surface area (Å²) in [7, 11) is 1.52. The topological polar surface area (TPSA) is 71.4 Å². The summed E-state index contributed by atoms with van der Waals surface area (Å²) in [4.78, 5) is 38.6. The minimum absolute atomic E-state index is 0.0194. The summed E-state index contributed by atoms with van der Waals surface area (Å²) in [6.45, 7) is 0.601. The molecule has 2 amide bonds. The Morgan fingerprint density at radius 1 is 1.00 bits per heavy atom. The average Bonchev–Trinajstić information content (AvgIpc) is 2.77. The van der Waals surface area contributed by atoms with E-state index in [1.165, 1.54) is 28.8 Å². The third-order valence-corrected chi connectivity index (χ3v) is 5.66. The van der Waals surface area contributed by atoms with Crippen molar-refractivity contribution in [2.45, 2.75) is 25.2 Å². The zero-order chi connectivity index (χ0) is 25.3. The first-order valence-corrected chi connectivity index (χ1v) is 10.3. The van der Waals surface area contributed by atoms with Gasteiger partial charge in [0.15, 0.2) is 0 Å². The molecular weight excluding hydrogens is 468 g/mol. The SMILES string of the molecule is Cn1cccc(C(=O)N2CCC(CNC(=O)c3cc(C(F)(F)F)cc(C(F)(F)F)c3)CC2)c1=O. The van der Waals surface area contributed by atoms with E-state index in [9.17, 15) is 40.7 Å². The minimum atomic E-state index is -5.05. The molecule has 1 N–H and O–H groups in total. The number of hydrogen-bond acceptors (Lipinski definition) is 3. The molecule has 2 heterocycles. The number of piperidine rings is 1. The Labute approximate surface area is 190 Å². The highest BCUT2D eigenvalue weighted by molar-refractivity contribution is 5.95. The average molecular weight is 489 g/mol. The lowest BCUT2D eigenvalue weighted by Crippen LogP contribution is -2.43. The van der Waals surface area contributed by atoms with Gasteiger partial charge in [0.2, 0.25) is 0 Å². The van der Waals surface area contributed by atoms with Crippen LogP contribution in [0.15, 0.2) is 41.3 Å². The summed E-state index contributed by atoms with van der Waals surface area (Å²) in [6, 6.07) is 3.73. The molecule has 1 fully saturated rings. The maximum absolute atomic E-state index is 13.0. The number of carbonyl (C=O) groups is 2. The van der Waals surface area contributed by atoms with Gasteiger partial charge >= 0.3 is 12.4 Å². The van der Waals surface area contributed by atoms with Crippen molar-refractivity contribution in [3.8, 4) is 0 Å². The molecule has 2 aromatic rings. The van der Waals surface area contributed by atoms with Crippen LogP contribution < -0.4 is 10.9 Å². The first kappa shape index (κ1) is 25.3.